The highest BCUT2D eigenvalue weighted by molar-refractivity contribution is 8.18. The van der Waals surface area contributed by atoms with Crippen LogP contribution in [-0.2, 0) is 11.3 Å². The third-order valence-corrected chi connectivity index (χ3v) is 6.90. The zero-order chi connectivity index (χ0) is 23.3. The van der Waals surface area contributed by atoms with Gasteiger partial charge in [0.1, 0.15) is 0 Å². The molecule has 1 saturated heterocycles. The predicted octanol–water partition coefficient (Wildman–Crippen LogP) is 4.57. The van der Waals surface area contributed by atoms with Crippen molar-refractivity contribution in [3.63, 3.8) is 0 Å². The van der Waals surface area contributed by atoms with Gasteiger partial charge in [0.2, 0.25) is 5.95 Å². The second-order valence-electron chi connectivity index (χ2n) is 8.40. The highest BCUT2D eigenvalue weighted by atomic mass is 32.2. The number of anilines is 1. The normalized spacial score (nSPS) is 21.6. The fourth-order valence-electron chi connectivity index (χ4n) is 4.33. The van der Waals surface area contributed by atoms with Crippen molar-refractivity contribution >= 4 is 34.9 Å². The molecule has 2 fully saturated rings. The van der Waals surface area contributed by atoms with Gasteiger partial charge in [-0.25, -0.2) is 9.97 Å². The number of amides is 2. The Bertz CT molecular complexity index is 1200. The van der Waals surface area contributed by atoms with Crippen molar-refractivity contribution in [2.45, 2.75) is 44.3 Å². The van der Waals surface area contributed by atoms with E-state index in [0.717, 1.165) is 49.6 Å². The van der Waals surface area contributed by atoms with Crippen LogP contribution < -0.4 is 16.0 Å². The number of rotatable bonds is 7. The van der Waals surface area contributed by atoms with E-state index in [4.69, 9.17) is 4.42 Å². The van der Waals surface area contributed by atoms with Crippen LogP contribution >= 0.6 is 11.8 Å². The molecule has 0 atom stereocenters. The SMILES string of the molecule is O=C1NC(=O)C(=Cc2ccnc(N[C@H]3CC[C@H](NCc4ccccc4-c4ccoc4)CC3)n2)S1. The van der Waals surface area contributed by atoms with Crippen molar-refractivity contribution in [1.82, 2.24) is 20.6 Å². The maximum atomic E-state index is 11.8. The number of hydrogen-bond acceptors (Lipinski definition) is 8. The molecular formula is C25H25N5O3S. The smallest absolute Gasteiger partial charge is 0.290 e. The fourth-order valence-corrected chi connectivity index (χ4v) is 5.00. The Balaban J connectivity index is 1.13. The number of thioether (sulfide) groups is 1. The minimum Gasteiger partial charge on any atom is -0.472 e. The zero-order valence-corrected chi connectivity index (χ0v) is 19.3. The van der Waals surface area contributed by atoms with E-state index >= 15 is 0 Å². The van der Waals surface area contributed by atoms with Gasteiger partial charge >= 0.3 is 0 Å². The first-order valence-corrected chi connectivity index (χ1v) is 12.1. The molecule has 1 saturated carbocycles. The lowest BCUT2D eigenvalue weighted by Crippen LogP contribution is -2.37. The van der Waals surface area contributed by atoms with E-state index in [2.05, 4.69) is 50.2 Å². The highest BCUT2D eigenvalue weighted by Crippen LogP contribution is 2.27. The molecule has 174 valence electrons. The second-order valence-corrected chi connectivity index (χ2v) is 9.42. The summed E-state index contributed by atoms with van der Waals surface area (Å²) in [5.74, 6) is 0.149. The minimum atomic E-state index is -0.388. The Morgan fingerprint density at radius 2 is 1.91 bits per heavy atom. The molecule has 34 heavy (non-hydrogen) atoms. The van der Waals surface area contributed by atoms with E-state index in [1.165, 1.54) is 11.1 Å². The van der Waals surface area contributed by atoms with Crippen molar-refractivity contribution in [3.05, 3.63) is 71.3 Å². The number of aromatic nitrogens is 2. The van der Waals surface area contributed by atoms with Crippen LogP contribution in [0.3, 0.4) is 0 Å². The van der Waals surface area contributed by atoms with Gasteiger partial charge in [-0.05, 0) is 66.8 Å². The minimum absolute atomic E-state index is 0.296. The molecule has 0 radical (unpaired) electrons. The molecule has 3 aromatic rings. The average Bonchev–Trinajstić information content (AvgIpc) is 3.49. The third-order valence-electron chi connectivity index (χ3n) is 6.09. The topological polar surface area (TPSA) is 109 Å². The molecular weight excluding hydrogens is 450 g/mol. The van der Waals surface area contributed by atoms with Crippen LogP contribution in [0, 0.1) is 0 Å². The molecule has 1 aliphatic heterocycles. The van der Waals surface area contributed by atoms with Gasteiger partial charge in [0.15, 0.2) is 0 Å². The van der Waals surface area contributed by atoms with E-state index in [1.807, 2.05) is 6.07 Å². The van der Waals surface area contributed by atoms with Crippen LogP contribution in [0.4, 0.5) is 10.7 Å². The Kier molecular flexibility index (Phi) is 6.73. The van der Waals surface area contributed by atoms with Crippen LogP contribution in [-0.4, -0.2) is 33.2 Å². The first kappa shape index (κ1) is 22.4. The van der Waals surface area contributed by atoms with Crippen molar-refractivity contribution < 1.29 is 14.0 Å². The molecule has 1 aliphatic carbocycles. The van der Waals surface area contributed by atoms with Crippen LogP contribution in [0.5, 0.6) is 0 Å². The summed E-state index contributed by atoms with van der Waals surface area (Å²) in [6.07, 6.45) is 10.9. The quantitative estimate of drug-likeness (QED) is 0.426. The molecule has 8 nitrogen and oxygen atoms in total. The van der Waals surface area contributed by atoms with E-state index in [9.17, 15) is 9.59 Å². The monoisotopic (exact) mass is 475 g/mol. The largest absolute Gasteiger partial charge is 0.472 e. The van der Waals surface area contributed by atoms with Gasteiger partial charge in [0.05, 0.1) is 23.1 Å². The summed E-state index contributed by atoms with van der Waals surface area (Å²) >= 11 is 0.882. The van der Waals surface area contributed by atoms with Crippen LogP contribution in [0.2, 0.25) is 0 Å². The van der Waals surface area contributed by atoms with Gasteiger partial charge in [-0.3, -0.25) is 14.9 Å². The van der Waals surface area contributed by atoms with Crippen molar-refractivity contribution in [1.29, 1.82) is 0 Å². The molecule has 2 amide bonds. The van der Waals surface area contributed by atoms with Gasteiger partial charge < -0.3 is 15.1 Å². The van der Waals surface area contributed by atoms with Gasteiger partial charge in [0.25, 0.3) is 11.1 Å². The standard InChI is InChI=1S/C25H25N5O3S/c31-23-22(34-25(32)30-23)13-20-9-11-26-24(29-20)28-19-7-5-18(6-8-19)27-14-16-3-1-2-4-21(16)17-10-12-33-15-17/h1-4,9-13,15,18-19,27H,5-8,14H2,(H,26,28,29)(H,30,31,32)/t18-,19-. The first-order valence-electron chi connectivity index (χ1n) is 11.3. The van der Waals surface area contributed by atoms with Crippen LogP contribution in [0.25, 0.3) is 17.2 Å². The molecule has 2 aromatic heterocycles. The van der Waals surface area contributed by atoms with E-state index in [0.29, 0.717) is 28.6 Å². The summed E-state index contributed by atoms with van der Waals surface area (Å²) in [5, 5.41) is 9.03. The van der Waals surface area contributed by atoms with E-state index < -0.39 is 0 Å². The first-order chi connectivity index (χ1) is 16.6. The van der Waals surface area contributed by atoms with Crippen molar-refractivity contribution in [3.8, 4) is 11.1 Å². The number of furan rings is 1. The average molecular weight is 476 g/mol. The maximum absolute atomic E-state index is 11.8. The number of imide groups is 1. The third kappa shape index (κ3) is 5.37. The summed E-state index contributed by atoms with van der Waals surface area (Å²) in [6.45, 7) is 0.817. The van der Waals surface area contributed by atoms with Gasteiger partial charge in [-0.15, -0.1) is 0 Å². The summed E-state index contributed by atoms with van der Waals surface area (Å²) in [5.41, 5.74) is 4.15. The second kappa shape index (κ2) is 10.2. The molecule has 2 aliphatic rings. The van der Waals surface area contributed by atoms with E-state index in [1.54, 1.807) is 30.9 Å². The summed E-state index contributed by atoms with van der Waals surface area (Å²) in [7, 11) is 0. The zero-order valence-electron chi connectivity index (χ0n) is 18.5. The molecule has 5 rings (SSSR count). The molecule has 0 bridgehead atoms. The van der Waals surface area contributed by atoms with Gasteiger partial charge in [-0.1, -0.05) is 24.3 Å². The van der Waals surface area contributed by atoms with Crippen molar-refractivity contribution in [2.24, 2.45) is 0 Å². The van der Waals surface area contributed by atoms with Crippen LogP contribution in [0.1, 0.15) is 36.9 Å². The molecule has 0 spiro atoms. The Morgan fingerprint density at radius 1 is 1.09 bits per heavy atom. The van der Waals surface area contributed by atoms with Crippen LogP contribution in [0.15, 0.2) is 64.4 Å². The van der Waals surface area contributed by atoms with Crippen molar-refractivity contribution in [2.75, 3.05) is 5.32 Å². The summed E-state index contributed by atoms with van der Waals surface area (Å²) in [6, 6.07) is 12.9. The Labute approximate surface area is 201 Å². The number of benzene rings is 1. The number of carbonyl (C=O) groups is 2. The van der Waals surface area contributed by atoms with E-state index in [-0.39, 0.29) is 11.1 Å². The molecule has 1 aromatic carbocycles. The predicted molar refractivity (Wildman–Crippen MR) is 132 cm³/mol. The fraction of sp³-hybridized carbons (Fsp3) is 0.280. The number of hydrogen-bond donors (Lipinski definition) is 3. The highest BCUT2D eigenvalue weighted by Gasteiger charge is 2.25. The lowest BCUT2D eigenvalue weighted by atomic mass is 9.91. The summed E-state index contributed by atoms with van der Waals surface area (Å²) in [4.78, 5) is 32.3. The molecule has 9 heteroatoms. The van der Waals surface area contributed by atoms with Gasteiger partial charge in [-0.2, -0.15) is 0 Å². The maximum Gasteiger partial charge on any atom is 0.290 e. The lowest BCUT2D eigenvalue weighted by Gasteiger charge is -2.30. The lowest BCUT2D eigenvalue weighted by molar-refractivity contribution is -0.115. The molecule has 0 unspecified atom stereocenters. The molecule has 3 N–H and O–H groups in total. The van der Waals surface area contributed by atoms with Gasteiger partial charge in [0, 0.05) is 30.4 Å². The Morgan fingerprint density at radius 3 is 2.68 bits per heavy atom. The number of nitrogens with one attached hydrogen (secondary N) is 3. The summed E-state index contributed by atoms with van der Waals surface area (Å²) < 4.78 is 5.26. The molecule has 3 heterocycles. The number of carbonyl (C=O) groups excluding carboxylic acids is 2. The number of nitrogens with zero attached hydrogens (tertiary/aromatic N) is 2. The Hall–Kier alpha value is -3.43.